The molecule has 0 amide bonds. The third-order valence-electron chi connectivity index (χ3n) is 2.63. The fourth-order valence-corrected chi connectivity index (χ4v) is 3.52. The molecule has 0 fully saturated rings. The van der Waals surface area contributed by atoms with Gasteiger partial charge in [0.25, 0.3) is 10.0 Å². The standard InChI is InChI=1S/C13H12BrClN2O2S/c1-8-2-4-10(14)12(6-8)17-20(18,19)13-5-3-9(15)7-11(13)16/h2-7,17H,16H2,1H3. The molecule has 0 atom stereocenters. The molecular weight excluding hydrogens is 364 g/mol. The first-order chi connectivity index (χ1) is 9.29. The summed E-state index contributed by atoms with van der Waals surface area (Å²) in [6.07, 6.45) is 0. The minimum absolute atomic E-state index is 0.00435. The number of rotatable bonds is 3. The Morgan fingerprint density at radius 2 is 1.90 bits per heavy atom. The molecule has 0 spiro atoms. The second-order valence-corrected chi connectivity index (χ2v) is 7.21. The first-order valence-electron chi connectivity index (χ1n) is 5.63. The molecule has 0 aliphatic heterocycles. The van der Waals surface area contributed by atoms with Gasteiger partial charge in [-0.1, -0.05) is 17.7 Å². The van der Waals surface area contributed by atoms with Crippen LogP contribution in [0.2, 0.25) is 5.02 Å². The second-order valence-electron chi connectivity index (χ2n) is 4.27. The predicted octanol–water partition coefficient (Wildman–Crippen LogP) is 3.79. The Kier molecular flexibility index (Phi) is 4.27. The van der Waals surface area contributed by atoms with Crippen molar-refractivity contribution in [2.24, 2.45) is 0 Å². The average Bonchev–Trinajstić information content (AvgIpc) is 2.33. The lowest BCUT2D eigenvalue weighted by atomic mass is 10.2. The second kappa shape index (κ2) is 5.63. The number of benzene rings is 2. The van der Waals surface area contributed by atoms with Gasteiger partial charge >= 0.3 is 0 Å². The summed E-state index contributed by atoms with van der Waals surface area (Å²) in [6.45, 7) is 1.88. The fourth-order valence-electron chi connectivity index (χ4n) is 1.68. The van der Waals surface area contributed by atoms with Crippen LogP contribution in [0.3, 0.4) is 0 Å². The highest BCUT2D eigenvalue weighted by Gasteiger charge is 2.18. The van der Waals surface area contributed by atoms with Crippen molar-refractivity contribution in [3.05, 3.63) is 51.5 Å². The SMILES string of the molecule is Cc1ccc(Br)c(NS(=O)(=O)c2ccc(Cl)cc2N)c1. The minimum atomic E-state index is -3.76. The van der Waals surface area contributed by atoms with Crippen LogP contribution in [-0.2, 0) is 10.0 Å². The first kappa shape index (κ1) is 15.2. The maximum Gasteiger partial charge on any atom is 0.263 e. The van der Waals surface area contributed by atoms with Crippen LogP contribution in [0.4, 0.5) is 11.4 Å². The summed E-state index contributed by atoms with van der Waals surface area (Å²) < 4.78 is 27.8. The summed E-state index contributed by atoms with van der Waals surface area (Å²) in [5.74, 6) is 0. The molecule has 0 bridgehead atoms. The van der Waals surface area contributed by atoms with Gasteiger partial charge in [0.1, 0.15) is 4.90 Å². The molecule has 0 saturated carbocycles. The zero-order chi connectivity index (χ0) is 14.9. The normalized spacial score (nSPS) is 11.3. The van der Waals surface area contributed by atoms with Gasteiger partial charge in [-0.25, -0.2) is 8.42 Å². The van der Waals surface area contributed by atoms with Crippen molar-refractivity contribution < 1.29 is 8.42 Å². The summed E-state index contributed by atoms with van der Waals surface area (Å²) in [6, 6.07) is 9.65. The number of sulfonamides is 1. The Morgan fingerprint density at radius 3 is 2.55 bits per heavy atom. The van der Waals surface area contributed by atoms with Gasteiger partial charge in [-0.3, -0.25) is 4.72 Å². The molecule has 0 heterocycles. The number of halogens is 2. The summed E-state index contributed by atoms with van der Waals surface area (Å²) in [5.41, 5.74) is 7.22. The van der Waals surface area contributed by atoms with E-state index in [9.17, 15) is 8.42 Å². The van der Waals surface area contributed by atoms with Crippen LogP contribution in [0.1, 0.15) is 5.56 Å². The van der Waals surface area contributed by atoms with E-state index in [1.165, 1.54) is 18.2 Å². The molecule has 0 saturated heterocycles. The van der Waals surface area contributed by atoms with Crippen molar-refractivity contribution in [3.8, 4) is 0 Å². The molecule has 2 rings (SSSR count). The number of nitrogens with two attached hydrogens (primary N) is 1. The van der Waals surface area contributed by atoms with Gasteiger partial charge < -0.3 is 5.73 Å². The van der Waals surface area contributed by atoms with Crippen molar-refractivity contribution in [2.75, 3.05) is 10.5 Å². The van der Waals surface area contributed by atoms with E-state index < -0.39 is 10.0 Å². The number of hydrogen-bond donors (Lipinski definition) is 2. The largest absolute Gasteiger partial charge is 0.398 e. The molecule has 2 aromatic rings. The summed E-state index contributed by atoms with van der Waals surface area (Å²) in [7, 11) is -3.76. The van der Waals surface area contributed by atoms with Crippen LogP contribution in [-0.4, -0.2) is 8.42 Å². The highest BCUT2D eigenvalue weighted by atomic mass is 79.9. The molecule has 3 N–H and O–H groups in total. The quantitative estimate of drug-likeness (QED) is 0.802. The van der Waals surface area contributed by atoms with Crippen LogP contribution < -0.4 is 10.5 Å². The van der Waals surface area contributed by atoms with Crippen molar-refractivity contribution >= 4 is 48.9 Å². The van der Waals surface area contributed by atoms with E-state index in [1.54, 1.807) is 12.1 Å². The smallest absolute Gasteiger partial charge is 0.263 e. The highest BCUT2D eigenvalue weighted by Crippen LogP contribution is 2.28. The molecule has 0 unspecified atom stereocenters. The van der Waals surface area contributed by atoms with Crippen LogP contribution in [0.25, 0.3) is 0 Å². The molecule has 2 aromatic carbocycles. The van der Waals surface area contributed by atoms with E-state index in [0.29, 0.717) is 15.2 Å². The molecule has 4 nitrogen and oxygen atoms in total. The van der Waals surface area contributed by atoms with E-state index in [1.807, 2.05) is 13.0 Å². The third-order valence-corrected chi connectivity index (χ3v) is 4.99. The molecular formula is C13H12BrClN2O2S. The zero-order valence-corrected chi connectivity index (χ0v) is 13.7. The number of anilines is 2. The van der Waals surface area contributed by atoms with Gasteiger partial charge in [0.15, 0.2) is 0 Å². The number of nitrogen functional groups attached to an aromatic ring is 1. The maximum absolute atomic E-state index is 12.3. The molecule has 20 heavy (non-hydrogen) atoms. The van der Waals surface area contributed by atoms with Gasteiger partial charge in [0.05, 0.1) is 11.4 Å². The summed E-state index contributed by atoms with van der Waals surface area (Å²) in [4.78, 5) is -0.00435. The molecule has 0 radical (unpaired) electrons. The van der Waals surface area contributed by atoms with Crippen LogP contribution >= 0.6 is 27.5 Å². The van der Waals surface area contributed by atoms with E-state index in [2.05, 4.69) is 20.7 Å². The van der Waals surface area contributed by atoms with E-state index in [4.69, 9.17) is 17.3 Å². The molecule has 0 aliphatic rings. The zero-order valence-electron chi connectivity index (χ0n) is 10.5. The lowest BCUT2D eigenvalue weighted by molar-refractivity contribution is 0.601. The Balaban J connectivity index is 2.43. The van der Waals surface area contributed by atoms with Gasteiger partial charge in [-0.2, -0.15) is 0 Å². The van der Waals surface area contributed by atoms with Gasteiger partial charge in [0.2, 0.25) is 0 Å². The van der Waals surface area contributed by atoms with Crippen molar-refractivity contribution in [2.45, 2.75) is 11.8 Å². The van der Waals surface area contributed by atoms with Crippen molar-refractivity contribution in [3.63, 3.8) is 0 Å². The molecule has 7 heteroatoms. The fraction of sp³-hybridized carbons (Fsp3) is 0.0769. The topological polar surface area (TPSA) is 72.2 Å². The Morgan fingerprint density at radius 1 is 1.20 bits per heavy atom. The summed E-state index contributed by atoms with van der Waals surface area (Å²) >= 11 is 9.08. The number of aryl methyl sites for hydroxylation is 1. The molecule has 0 aromatic heterocycles. The Labute approximate surface area is 131 Å². The highest BCUT2D eigenvalue weighted by molar-refractivity contribution is 9.10. The maximum atomic E-state index is 12.3. The Bertz CT molecular complexity index is 763. The van der Waals surface area contributed by atoms with E-state index in [-0.39, 0.29) is 10.6 Å². The average molecular weight is 376 g/mol. The molecule has 106 valence electrons. The van der Waals surface area contributed by atoms with Gasteiger partial charge in [-0.05, 0) is 58.7 Å². The third kappa shape index (κ3) is 3.26. The monoisotopic (exact) mass is 374 g/mol. The van der Waals surface area contributed by atoms with Crippen molar-refractivity contribution in [1.82, 2.24) is 0 Å². The van der Waals surface area contributed by atoms with Crippen molar-refractivity contribution in [1.29, 1.82) is 0 Å². The number of nitrogens with one attached hydrogen (secondary N) is 1. The van der Waals surface area contributed by atoms with Crippen LogP contribution in [0, 0.1) is 6.92 Å². The van der Waals surface area contributed by atoms with Gasteiger partial charge in [0, 0.05) is 9.50 Å². The van der Waals surface area contributed by atoms with E-state index >= 15 is 0 Å². The van der Waals surface area contributed by atoms with Gasteiger partial charge in [-0.15, -0.1) is 0 Å². The van der Waals surface area contributed by atoms with Crippen LogP contribution in [0.5, 0.6) is 0 Å². The minimum Gasteiger partial charge on any atom is -0.398 e. The van der Waals surface area contributed by atoms with E-state index in [0.717, 1.165) is 5.56 Å². The Hall–Kier alpha value is -1.24. The lowest BCUT2D eigenvalue weighted by Gasteiger charge is -2.12. The molecule has 0 aliphatic carbocycles. The first-order valence-corrected chi connectivity index (χ1v) is 8.29. The number of hydrogen-bond acceptors (Lipinski definition) is 3. The lowest BCUT2D eigenvalue weighted by Crippen LogP contribution is -2.15. The summed E-state index contributed by atoms with van der Waals surface area (Å²) in [5, 5.41) is 0.387. The van der Waals surface area contributed by atoms with Crippen LogP contribution in [0.15, 0.2) is 45.8 Å². The predicted molar refractivity (Wildman–Crippen MR) is 85.6 cm³/mol.